The molecule has 3 rings (SSSR count). The van der Waals surface area contributed by atoms with E-state index in [0.29, 0.717) is 11.1 Å². The number of Topliss-reactive ketones (excluding diaryl/α,β-unsaturated/α-hetero) is 1. The Morgan fingerprint density at radius 2 is 1.79 bits per heavy atom. The lowest BCUT2D eigenvalue weighted by molar-refractivity contribution is -0.133. The van der Waals surface area contributed by atoms with Crippen molar-refractivity contribution in [3.63, 3.8) is 0 Å². The highest BCUT2D eigenvalue weighted by atomic mass is 35.5. The van der Waals surface area contributed by atoms with Gasteiger partial charge in [-0.05, 0) is 24.3 Å². The molecule has 0 fully saturated rings. The second-order valence-corrected chi connectivity index (χ2v) is 6.23. The van der Waals surface area contributed by atoms with E-state index in [1.54, 1.807) is 24.3 Å². The minimum atomic E-state index is -2.07. The Morgan fingerprint density at radius 1 is 1.17 bits per heavy atom. The second-order valence-electron chi connectivity index (χ2n) is 5.42. The van der Waals surface area contributed by atoms with E-state index in [4.69, 9.17) is 29.6 Å². The molecule has 24 heavy (non-hydrogen) atoms. The Morgan fingerprint density at radius 3 is 2.42 bits per heavy atom. The lowest BCUT2D eigenvalue weighted by Crippen LogP contribution is -2.36. The van der Waals surface area contributed by atoms with Crippen LogP contribution in [0.15, 0.2) is 36.4 Å². The Kier molecular flexibility index (Phi) is 4.10. The van der Waals surface area contributed by atoms with Crippen molar-refractivity contribution in [2.24, 2.45) is 0 Å². The molecule has 1 unspecified atom stereocenters. The summed E-state index contributed by atoms with van der Waals surface area (Å²) in [6.07, 6.45) is 4.82. The highest BCUT2D eigenvalue weighted by Gasteiger charge is 2.49. The molecule has 0 spiro atoms. The normalized spacial score (nSPS) is 18.7. The fourth-order valence-electron chi connectivity index (χ4n) is 2.66. The minimum Gasteiger partial charge on any atom is -0.375 e. The Balaban J connectivity index is 1.98. The molecule has 0 aliphatic carbocycles. The van der Waals surface area contributed by atoms with Crippen molar-refractivity contribution in [2.45, 2.75) is 12.0 Å². The number of fused-ring (bicyclic) bond motifs is 1. The number of nitrogens with one attached hydrogen (secondary N) is 1. The summed E-state index contributed by atoms with van der Waals surface area (Å²) in [5.41, 5.74) is -0.757. The van der Waals surface area contributed by atoms with E-state index in [1.807, 2.05) is 0 Å². The average molecular weight is 360 g/mol. The van der Waals surface area contributed by atoms with Crippen molar-refractivity contribution < 1.29 is 14.7 Å². The fraction of sp³-hybridized carbons (Fsp3) is 0.111. The highest BCUT2D eigenvalue weighted by molar-refractivity contribution is 6.38. The van der Waals surface area contributed by atoms with Crippen LogP contribution in [-0.2, 0) is 10.4 Å². The van der Waals surface area contributed by atoms with Gasteiger partial charge in [-0.3, -0.25) is 9.59 Å². The number of anilines is 1. The number of aliphatic hydroxyl groups is 1. The predicted molar refractivity (Wildman–Crippen MR) is 92.3 cm³/mol. The predicted octanol–water partition coefficient (Wildman–Crippen LogP) is 3.39. The number of amides is 1. The maximum absolute atomic E-state index is 12.5. The molecule has 0 bridgehead atoms. The number of carbonyl (C=O) groups is 2. The van der Waals surface area contributed by atoms with E-state index in [9.17, 15) is 14.7 Å². The standard InChI is InChI=1S/C18H11Cl2NO3/c1-2-10-3-5-11(6-4-10)14(22)9-18(24)15-12(19)7-8-13(20)16(15)21-17(18)23/h1,3-8,24H,9H2,(H,21,23). The van der Waals surface area contributed by atoms with E-state index in [-0.39, 0.29) is 21.3 Å². The quantitative estimate of drug-likeness (QED) is 0.651. The number of terminal acetylenes is 1. The number of hydrogen-bond donors (Lipinski definition) is 2. The van der Waals surface area contributed by atoms with Gasteiger partial charge in [0.1, 0.15) is 0 Å². The van der Waals surface area contributed by atoms with Crippen molar-refractivity contribution in [1.29, 1.82) is 0 Å². The van der Waals surface area contributed by atoms with Gasteiger partial charge in [-0.25, -0.2) is 0 Å². The van der Waals surface area contributed by atoms with Crippen molar-refractivity contribution in [3.05, 3.63) is 63.1 Å². The van der Waals surface area contributed by atoms with Crippen molar-refractivity contribution in [1.82, 2.24) is 0 Å². The molecule has 1 atom stereocenters. The van der Waals surface area contributed by atoms with Crippen LogP contribution >= 0.6 is 23.2 Å². The van der Waals surface area contributed by atoms with Gasteiger partial charge in [-0.15, -0.1) is 6.42 Å². The summed E-state index contributed by atoms with van der Waals surface area (Å²) in [6, 6.07) is 9.31. The third kappa shape index (κ3) is 2.57. The Bertz CT molecular complexity index is 900. The molecule has 2 aromatic carbocycles. The van der Waals surface area contributed by atoms with E-state index in [2.05, 4.69) is 11.2 Å². The first-order valence-electron chi connectivity index (χ1n) is 6.99. The molecule has 1 amide bonds. The molecule has 0 radical (unpaired) electrons. The summed E-state index contributed by atoms with van der Waals surface area (Å²) in [5.74, 6) is 1.30. The van der Waals surface area contributed by atoms with E-state index < -0.39 is 23.7 Å². The van der Waals surface area contributed by atoms with Gasteiger partial charge >= 0.3 is 0 Å². The molecular weight excluding hydrogens is 349 g/mol. The van der Waals surface area contributed by atoms with Gasteiger partial charge in [0.2, 0.25) is 0 Å². The first-order valence-corrected chi connectivity index (χ1v) is 7.74. The van der Waals surface area contributed by atoms with E-state index >= 15 is 0 Å². The van der Waals surface area contributed by atoms with Gasteiger partial charge in [-0.2, -0.15) is 0 Å². The van der Waals surface area contributed by atoms with Gasteiger partial charge in [0.15, 0.2) is 11.4 Å². The van der Waals surface area contributed by atoms with Crippen LogP contribution in [0.25, 0.3) is 0 Å². The zero-order chi connectivity index (χ0) is 17.5. The molecule has 4 nitrogen and oxygen atoms in total. The number of rotatable bonds is 3. The van der Waals surface area contributed by atoms with Crippen molar-refractivity contribution in [3.8, 4) is 12.3 Å². The SMILES string of the molecule is C#Cc1ccc(C(=O)CC2(O)C(=O)Nc3c(Cl)ccc(Cl)c32)cc1. The van der Waals surface area contributed by atoms with E-state index in [0.717, 1.165) is 0 Å². The van der Waals surface area contributed by atoms with E-state index in [1.165, 1.54) is 12.1 Å². The van der Waals surface area contributed by atoms with Gasteiger partial charge in [0.25, 0.3) is 5.91 Å². The summed E-state index contributed by atoms with van der Waals surface area (Å²) < 4.78 is 0. The summed E-state index contributed by atoms with van der Waals surface area (Å²) >= 11 is 12.1. The van der Waals surface area contributed by atoms with Crippen LogP contribution in [0.2, 0.25) is 10.0 Å². The zero-order valence-corrected chi connectivity index (χ0v) is 13.8. The molecule has 2 N–H and O–H groups in total. The Hall–Kier alpha value is -2.32. The summed E-state index contributed by atoms with van der Waals surface area (Å²) in [7, 11) is 0. The largest absolute Gasteiger partial charge is 0.375 e. The third-order valence-electron chi connectivity index (χ3n) is 3.92. The van der Waals surface area contributed by atoms with Crippen LogP contribution in [0.4, 0.5) is 5.69 Å². The third-order valence-corrected chi connectivity index (χ3v) is 4.55. The smallest absolute Gasteiger partial charge is 0.261 e. The molecular formula is C18H11Cl2NO3. The lowest BCUT2D eigenvalue weighted by atomic mass is 9.88. The van der Waals surface area contributed by atoms with Crippen LogP contribution in [-0.4, -0.2) is 16.8 Å². The number of halogens is 2. The topological polar surface area (TPSA) is 66.4 Å². The highest BCUT2D eigenvalue weighted by Crippen LogP contribution is 2.46. The molecule has 1 aliphatic rings. The van der Waals surface area contributed by atoms with Gasteiger partial charge < -0.3 is 10.4 Å². The van der Waals surface area contributed by atoms with Crippen LogP contribution in [0.1, 0.15) is 27.9 Å². The Labute approximate surface area is 148 Å². The molecule has 1 heterocycles. The molecule has 0 saturated carbocycles. The number of carbonyl (C=O) groups excluding carboxylic acids is 2. The van der Waals surface area contributed by atoms with Crippen molar-refractivity contribution >= 4 is 40.6 Å². The maximum Gasteiger partial charge on any atom is 0.261 e. The second kappa shape index (κ2) is 5.95. The molecule has 0 aromatic heterocycles. The first kappa shape index (κ1) is 16.5. The molecule has 1 aliphatic heterocycles. The first-order chi connectivity index (χ1) is 11.4. The molecule has 6 heteroatoms. The van der Waals surface area contributed by atoms with Crippen LogP contribution in [0, 0.1) is 12.3 Å². The molecule has 120 valence electrons. The number of ketones is 1. The monoisotopic (exact) mass is 359 g/mol. The van der Waals surface area contributed by atoms with Gasteiger partial charge in [0.05, 0.1) is 17.1 Å². The summed E-state index contributed by atoms with van der Waals surface area (Å²) in [4.78, 5) is 24.8. The number of hydrogen-bond acceptors (Lipinski definition) is 3. The zero-order valence-electron chi connectivity index (χ0n) is 12.3. The van der Waals surface area contributed by atoms with Crippen LogP contribution in [0.3, 0.4) is 0 Å². The lowest BCUT2D eigenvalue weighted by Gasteiger charge is -2.21. The summed E-state index contributed by atoms with van der Waals surface area (Å²) in [5, 5.41) is 13.7. The van der Waals surface area contributed by atoms with Crippen molar-refractivity contribution in [2.75, 3.05) is 5.32 Å². The van der Waals surface area contributed by atoms with Crippen LogP contribution < -0.4 is 5.32 Å². The molecule has 0 saturated heterocycles. The fourth-order valence-corrected chi connectivity index (χ4v) is 3.18. The maximum atomic E-state index is 12.5. The van der Waals surface area contributed by atoms with Crippen LogP contribution in [0.5, 0.6) is 0 Å². The molecule has 2 aromatic rings. The average Bonchev–Trinajstić information content (AvgIpc) is 2.83. The number of benzene rings is 2. The van der Waals surface area contributed by atoms with Gasteiger partial charge in [0, 0.05) is 21.7 Å². The van der Waals surface area contributed by atoms with Gasteiger partial charge in [-0.1, -0.05) is 41.3 Å². The minimum absolute atomic E-state index is 0.121. The summed E-state index contributed by atoms with van der Waals surface area (Å²) in [6.45, 7) is 0.